The Morgan fingerprint density at radius 2 is 1.88 bits per heavy atom. The smallest absolute Gasteiger partial charge is 0.270 e. The van der Waals surface area contributed by atoms with Crippen LogP contribution in [0.2, 0.25) is 0 Å². The zero-order chi connectivity index (χ0) is 17.5. The number of hydrogen-bond acceptors (Lipinski definition) is 5. The largest absolute Gasteiger partial charge is 0.345 e. The molecule has 0 fully saturated rings. The number of para-hydroxylation sites is 1. The van der Waals surface area contributed by atoms with E-state index >= 15 is 0 Å². The van der Waals surface area contributed by atoms with Crippen LogP contribution in [-0.2, 0) is 13.0 Å². The minimum Gasteiger partial charge on any atom is -0.345 e. The molecule has 0 saturated heterocycles. The number of anilines is 2. The fourth-order valence-corrected chi connectivity index (χ4v) is 2.40. The van der Waals surface area contributed by atoms with Crippen LogP contribution in [0.5, 0.6) is 0 Å². The van der Waals surface area contributed by atoms with Gasteiger partial charge < -0.3 is 10.6 Å². The summed E-state index contributed by atoms with van der Waals surface area (Å²) in [6.45, 7) is 2.45. The second-order valence-electron chi connectivity index (χ2n) is 5.43. The molecule has 0 radical (unpaired) electrons. The summed E-state index contributed by atoms with van der Waals surface area (Å²) < 4.78 is 0. The highest BCUT2D eigenvalue weighted by Crippen LogP contribution is 2.20. The third-order valence-electron chi connectivity index (χ3n) is 3.72. The number of benzene rings is 1. The minimum absolute atomic E-state index is 0.264. The lowest BCUT2D eigenvalue weighted by molar-refractivity contribution is 0.0945. The molecule has 25 heavy (non-hydrogen) atoms. The molecule has 126 valence electrons. The second-order valence-corrected chi connectivity index (χ2v) is 5.43. The number of amides is 1. The van der Waals surface area contributed by atoms with Crippen molar-refractivity contribution in [2.24, 2.45) is 0 Å². The van der Waals surface area contributed by atoms with Crippen LogP contribution in [0.25, 0.3) is 0 Å². The maximum absolute atomic E-state index is 12.3. The topological polar surface area (TPSA) is 79.8 Å². The van der Waals surface area contributed by atoms with Crippen molar-refractivity contribution in [3.8, 4) is 0 Å². The SMILES string of the molecule is CCc1ccccc1Nc1cc(C(=O)NCc2ccccn2)ncn1. The van der Waals surface area contributed by atoms with E-state index in [-0.39, 0.29) is 5.91 Å². The van der Waals surface area contributed by atoms with Crippen molar-refractivity contribution < 1.29 is 4.79 Å². The molecule has 2 N–H and O–H groups in total. The third kappa shape index (κ3) is 4.38. The molecular weight excluding hydrogens is 314 g/mol. The molecule has 0 aliphatic carbocycles. The van der Waals surface area contributed by atoms with E-state index in [1.54, 1.807) is 12.3 Å². The van der Waals surface area contributed by atoms with Crippen LogP contribution in [0.3, 0.4) is 0 Å². The lowest BCUT2D eigenvalue weighted by Gasteiger charge is -2.10. The van der Waals surface area contributed by atoms with E-state index in [9.17, 15) is 4.79 Å². The summed E-state index contributed by atoms with van der Waals surface area (Å²) in [6, 6.07) is 15.2. The quantitative estimate of drug-likeness (QED) is 0.724. The average molecular weight is 333 g/mol. The Bertz CT molecular complexity index is 851. The fraction of sp³-hybridized carbons (Fsp3) is 0.158. The van der Waals surface area contributed by atoms with Crippen LogP contribution in [-0.4, -0.2) is 20.9 Å². The number of nitrogens with zero attached hydrogens (tertiary/aromatic N) is 3. The molecule has 0 unspecified atom stereocenters. The summed E-state index contributed by atoms with van der Waals surface area (Å²) in [5.74, 6) is 0.318. The minimum atomic E-state index is -0.264. The number of nitrogens with one attached hydrogen (secondary N) is 2. The van der Waals surface area contributed by atoms with Gasteiger partial charge in [-0.2, -0.15) is 0 Å². The monoisotopic (exact) mass is 333 g/mol. The van der Waals surface area contributed by atoms with Gasteiger partial charge in [0.15, 0.2) is 0 Å². The zero-order valence-corrected chi connectivity index (χ0v) is 13.9. The van der Waals surface area contributed by atoms with Crippen LogP contribution < -0.4 is 10.6 Å². The Morgan fingerprint density at radius 3 is 2.68 bits per heavy atom. The summed E-state index contributed by atoms with van der Waals surface area (Å²) in [4.78, 5) is 24.7. The van der Waals surface area contributed by atoms with Crippen LogP contribution in [0, 0.1) is 0 Å². The Kier molecular flexibility index (Phi) is 5.31. The van der Waals surface area contributed by atoms with Gasteiger partial charge in [-0.25, -0.2) is 9.97 Å². The van der Waals surface area contributed by atoms with Crippen molar-refractivity contribution in [3.05, 3.63) is 78.0 Å². The average Bonchev–Trinajstić information content (AvgIpc) is 2.67. The van der Waals surface area contributed by atoms with Gasteiger partial charge in [0.25, 0.3) is 5.91 Å². The normalized spacial score (nSPS) is 10.3. The predicted octanol–water partition coefficient (Wildman–Crippen LogP) is 3.11. The molecule has 1 aromatic carbocycles. The van der Waals surface area contributed by atoms with Crippen molar-refractivity contribution in [2.45, 2.75) is 19.9 Å². The first-order valence-corrected chi connectivity index (χ1v) is 8.11. The number of aromatic nitrogens is 3. The highest BCUT2D eigenvalue weighted by molar-refractivity contribution is 5.92. The molecular formula is C19H19N5O. The first kappa shape index (κ1) is 16.6. The molecule has 0 spiro atoms. The van der Waals surface area contributed by atoms with Crippen molar-refractivity contribution >= 4 is 17.4 Å². The number of rotatable bonds is 6. The second kappa shape index (κ2) is 8.01. The van der Waals surface area contributed by atoms with E-state index in [4.69, 9.17) is 0 Å². The number of aryl methyl sites for hydroxylation is 1. The lowest BCUT2D eigenvalue weighted by atomic mass is 10.1. The summed E-state index contributed by atoms with van der Waals surface area (Å²) in [7, 11) is 0. The maximum Gasteiger partial charge on any atom is 0.270 e. The van der Waals surface area contributed by atoms with Crippen LogP contribution in [0.4, 0.5) is 11.5 Å². The van der Waals surface area contributed by atoms with Gasteiger partial charge in [-0.1, -0.05) is 31.2 Å². The van der Waals surface area contributed by atoms with Gasteiger partial charge in [-0.15, -0.1) is 0 Å². The summed E-state index contributed by atoms with van der Waals surface area (Å²) in [5, 5.41) is 6.06. The van der Waals surface area contributed by atoms with Gasteiger partial charge in [-0.3, -0.25) is 9.78 Å². The predicted molar refractivity (Wildman–Crippen MR) is 96.5 cm³/mol. The summed E-state index contributed by atoms with van der Waals surface area (Å²) in [6.07, 6.45) is 3.98. The molecule has 6 nitrogen and oxygen atoms in total. The molecule has 0 saturated carbocycles. The fourth-order valence-electron chi connectivity index (χ4n) is 2.40. The lowest BCUT2D eigenvalue weighted by Crippen LogP contribution is -2.24. The summed E-state index contributed by atoms with van der Waals surface area (Å²) in [5.41, 5.74) is 3.26. The molecule has 2 aromatic heterocycles. The van der Waals surface area contributed by atoms with Crippen molar-refractivity contribution in [3.63, 3.8) is 0 Å². The van der Waals surface area contributed by atoms with Gasteiger partial charge in [0.05, 0.1) is 12.2 Å². The molecule has 3 rings (SSSR count). The van der Waals surface area contributed by atoms with Crippen LogP contribution in [0.15, 0.2) is 61.1 Å². The van der Waals surface area contributed by atoms with E-state index in [1.807, 2.05) is 36.4 Å². The number of hydrogen-bond donors (Lipinski definition) is 2. The van der Waals surface area contributed by atoms with E-state index < -0.39 is 0 Å². The molecule has 3 aromatic rings. The third-order valence-corrected chi connectivity index (χ3v) is 3.72. The Balaban J connectivity index is 1.69. The Hall–Kier alpha value is -3.28. The molecule has 0 atom stereocenters. The van der Waals surface area contributed by atoms with Crippen molar-refractivity contribution in [1.29, 1.82) is 0 Å². The van der Waals surface area contributed by atoms with Crippen LogP contribution >= 0.6 is 0 Å². The van der Waals surface area contributed by atoms with E-state index in [1.165, 1.54) is 11.9 Å². The van der Waals surface area contributed by atoms with E-state index in [0.717, 1.165) is 17.8 Å². The maximum atomic E-state index is 12.3. The van der Waals surface area contributed by atoms with Crippen molar-refractivity contribution in [1.82, 2.24) is 20.3 Å². The Morgan fingerprint density at radius 1 is 1.04 bits per heavy atom. The van der Waals surface area contributed by atoms with Gasteiger partial charge >= 0.3 is 0 Å². The highest BCUT2D eigenvalue weighted by Gasteiger charge is 2.09. The zero-order valence-electron chi connectivity index (χ0n) is 13.9. The molecule has 1 amide bonds. The molecule has 6 heteroatoms. The first-order chi connectivity index (χ1) is 12.3. The molecule has 2 heterocycles. The first-order valence-electron chi connectivity index (χ1n) is 8.11. The number of pyridine rings is 1. The van der Waals surface area contributed by atoms with Gasteiger partial charge in [-0.05, 0) is 30.2 Å². The Labute approximate surface area is 146 Å². The van der Waals surface area contributed by atoms with Gasteiger partial charge in [0, 0.05) is 18.0 Å². The molecule has 0 aliphatic heterocycles. The van der Waals surface area contributed by atoms with Gasteiger partial charge in [0.1, 0.15) is 17.8 Å². The number of carbonyl (C=O) groups excluding carboxylic acids is 1. The van der Waals surface area contributed by atoms with E-state index in [0.29, 0.717) is 18.1 Å². The van der Waals surface area contributed by atoms with Crippen LogP contribution in [0.1, 0.15) is 28.7 Å². The van der Waals surface area contributed by atoms with Crippen molar-refractivity contribution in [2.75, 3.05) is 5.32 Å². The molecule has 0 aliphatic rings. The summed E-state index contributed by atoms with van der Waals surface area (Å²) >= 11 is 0. The standard InChI is InChI=1S/C19H19N5O/c1-2-14-7-3-4-9-16(14)24-18-11-17(22-13-23-18)19(25)21-12-15-8-5-6-10-20-15/h3-11,13H,2,12H2,1H3,(H,21,25)(H,22,23,24). The van der Waals surface area contributed by atoms with E-state index in [2.05, 4.69) is 38.6 Å². The van der Waals surface area contributed by atoms with Gasteiger partial charge in [0.2, 0.25) is 0 Å². The molecule has 0 bridgehead atoms. The highest BCUT2D eigenvalue weighted by atomic mass is 16.1. The number of carbonyl (C=O) groups is 1.